The highest BCUT2D eigenvalue weighted by Gasteiger charge is 2.15. The summed E-state index contributed by atoms with van der Waals surface area (Å²) in [6, 6.07) is 12.8. The molecule has 0 fully saturated rings. The molecule has 0 spiro atoms. The van der Waals surface area contributed by atoms with Crippen molar-refractivity contribution in [3.05, 3.63) is 57.8 Å². The van der Waals surface area contributed by atoms with Crippen LogP contribution in [-0.4, -0.2) is 37.7 Å². The molecule has 2 N–H and O–H groups in total. The fraction of sp³-hybridized carbons (Fsp3) is 0.312. The number of ketones is 1. The first-order valence-corrected chi connectivity index (χ1v) is 9.78. The summed E-state index contributed by atoms with van der Waals surface area (Å²) in [6.45, 7) is 2.28. The average molecular weight is 369 g/mol. The van der Waals surface area contributed by atoms with E-state index in [1.807, 2.05) is 31.2 Å². The van der Waals surface area contributed by atoms with Crippen LogP contribution in [0, 0.1) is 0 Å². The molecule has 0 aliphatic heterocycles. The molecule has 0 aliphatic rings. The van der Waals surface area contributed by atoms with Crippen molar-refractivity contribution in [2.75, 3.05) is 18.9 Å². The minimum Gasteiger partial charge on any atom is -0.301 e. The number of hydroxylamine groups is 1. The number of hydrogen-bond donors (Lipinski definition) is 2. The molecule has 1 aromatic carbocycles. The van der Waals surface area contributed by atoms with Crippen molar-refractivity contribution in [2.24, 2.45) is 0 Å². The maximum atomic E-state index is 12.4. The topological polar surface area (TPSA) is 92.7 Å². The molecule has 8 heteroatoms. The lowest BCUT2D eigenvalue weighted by Gasteiger charge is -2.10. The van der Waals surface area contributed by atoms with E-state index < -0.39 is 15.9 Å². The predicted octanol–water partition coefficient (Wildman–Crippen LogP) is 2.49. The van der Waals surface area contributed by atoms with Gasteiger partial charge in [-0.05, 0) is 12.1 Å². The van der Waals surface area contributed by atoms with E-state index in [-0.39, 0.29) is 18.2 Å². The minimum atomic E-state index is -3.99. The number of thiophene rings is 1. The van der Waals surface area contributed by atoms with E-state index in [0.29, 0.717) is 17.0 Å². The molecule has 0 saturated carbocycles. The van der Waals surface area contributed by atoms with Crippen molar-refractivity contribution in [2.45, 2.75) is 12.8 Å². The number of nitrogens with one attached hydrogen (secondary N) is 1. The summed E-state index contributed by atoms with van der Waals surface area (Å²) in [7, 11) is -3.99. The van der Waals surface area contributed by atoms with E-state index >= 15 is 0 Å². The first-order chi connectivity index (χ1) is 11.4. The molecular weight excluding hydrogens is 350 g/mol. The van der Waals surface area contributed by atoms with Crippen LogP contribution in [0.2, 0.25) is 0 Å². The van der Waals surface area contributed by atoms with E-state index in [9.17, 15) is 13.2 Å². The van der Waals surface area contributed by atoms with Crippen LogP contribution in [0.4, 0.5) is 0 Å². The highest BCUT2D eigenvalue weighted by molar-refractivity contribution is 7.85. The molecule has 0 radical (unpaired) electrons. The SMILES string of the molecule is CC(CONCCS(=O)(=O)O)c1ccc(C(=O)c2ccccc2)s1. The molecule has 6 nitrogen and oxygen atoms in total. The Bertz CT molecular complexity index is 771. The molecule has 2 aromatic rings. The highest BCUT2D eigenvalue weighted by atomic mass is 32.2. The monoisotopic (exact) mass is 369 g/mol. The Labute approximate surface area is 145 Å². The second-order valence-electron chi connectivity index (χ2n) is 5.29. The largest absolute Gasteiger partial charge is 0.301 e. The first kappa shape index (κ1) is 18.8. The number of benzene rings is 1. The maximum absolute atomic E-state index is 12.4. The summed E-state index contributed by atoms with van der Waals surface area (Å²) in [5.41, 5.74) is 3.15. The van der Waals surface area contributed by atoms with Crippen molar-refractivity contribution >= 4 is 27.2 Å². The normalized spacial score (nSPS) is 12.9. The second-order valence-corrected chi connectivity index (χ2v) is 7.98. The Morgan fingerprint density at radius 3 is 2.62 bits per heavy atom. The Hall–Kier alpha value is -1.58. The predicted molar refractivity (Wildman–Crippen MR) is 93.0 cm³/mol. The van der Waals surface area contributed by atoms with Crippen LogP contribution in [0.25, 0.3) is 0 Å². The molecular formula is C16H19NO5S2. The van der Waals surface area contributed by atoms with Crippen LogP contribution in [0.15, 0.2) is 42.5 Å². The summed E-state index contributed by atoms with van der Waals surface area (Å²) in [4.78, 5) is 19.2. The van der Waals surface area contributed by atoms with Gasteiger partial charge in [0, 0.05) is 22.9 Å². The zero-order valence-corrected chi connectivity index (χ0v) is 14.8. The van der Waals surface area contributed by atoms with Gasteiger partial charge in [-0.2, -0.15) is 8.42 Å². The number of hydrogen-bond acceptors (Lipinski definition) is 6. The van der Waals surface area contributed by atoms with Gasteiger partial charge in [0.1, 0.15) is 0 Å². The van der Waals surface area contributed by atoms with Gasteiger partial charge >= 0.3 is 0 Å². The lowest BCUT2D eigenvalue weighted by Crippen LogP contribution is -2.24. The van der Waals surface area contributed by atoms with Crippen LogP contribution in [0.5, 0.6) is 0 Å². The van der Waals surface area contributed by atoms with Gasteiger partial charge in [0.15, 0.2) is 0 Å². The summed E-state index contributed by atoms with van der Waals surface area (Å²) in [5, 5.41) is 0. The fourth-order valence-corrected chi connectivity index (χ4v) is 3.33. The number of carbonyl (C=O) groups excluding carboxylic acids is 1. The third kappa shape index (κ3) is 5.81. The van der Waals surface area contributed by atoms with Crippen molar-refractivity contribution in [1.29, 1.82) is 0 Å². The van der Waals surface area contributed by atoms with Gasteiger partial charge in [-0.15, -0.1) is 11.3 Å². The Kier molecular flexibility index (Phi) is 6.64. The molecule has 1 heterocycles. The average Bonchev–Trinajstić information content (AvgIpc) is 3.03. The molecule has 0 saturated heterocycles. The second kappa shape index (κ2) is 8.50. The summed E-state index contributed by atoms with van der Waals surface area (Å²) in [5.74, 6) is -0.368. The summed E-state index contributed by atoms with van der Waals surface area (Å²) < 4.78 is 29.7. The molecule has 0 bridgehead atoms. The van der Waals surface area contributed by atoms with Crippen LogP contribution in [0.3, 0.4) is 0 Å². The Balaban J connectivity index is 1.85. The van der Waals surface area contributed by atoms with Crippen LogP contribution >= 0.6 is 11.3 Å². The molecule has 1 aromatic heterocycles. The van der Waals surface area contributed by atoms with Gasteiger partial charge in [-0.1, -0.05) is 37.3 Å². The smallest absolute Gasteiger partial charge is 0.266 e. The van der Waals surface area contributed by atoms with Crippen LogP contribution < -0.4 is 5.48 Å². The zero-order chi connectivity index (χ0) is 17.6. The zero-order valence-electron chi connectivity index (χ0n) is 13.1. The van der Waals surface area contributed by atoms with E-state index in [4.69, 9.17) is 9.39 Å². The standard InChI is InChI=1S/C16H19NO5S2/c1-12(11-22-17-9-10-24(19,20)21)14-7-8-15(23-14)16(18)13-5-3-2-4-6-13/h2-8,12,17H,9-11H2,1H3,(H,19,20,21). The van der Waals surface area contributed by atoms with Crippen molar-refractivity contribution in [3.63, 3.8) is 0 Å². The van der Waals surface area contributed by atoms with Gasteiger partial charge in [0.2, 0.25) is 5.78 Å². The molecule has 1 atom stereocenters. The van der Waals surface area contributed by atoms with Gasteiger partial charge < -0.3 is 4.84 Å². The van der Waals surface area contributed by atoms with E-state index in [1.165, 1.54) is 11.3 Å². The minimum absolute atomic E-state index is 0.00768. The third-order valence-corrected chi connectivity index (χ3v) is 5.31. The van der Waals surface area contributed by atoms with Crippen molar-refractivity contribution in [1.82, 2.24) is 5.48 Å². The van der Waals surface area contributed by atoms with Crippen molar-refractivity contribution in [3.8, 4) is 0 Å². The van der Waals surface area contributed by atoms with E-state index in [1.54, 1.807) is 18.2 Å². The quantitative estimate of drug-likeness (QED) is 0.305. The van der Waals surface area contributed by atoms with Gasteiger partial charge in [-0.25, -0.2) is 5.48 Å². The number of rotatable bonds is 9. The first-order valence-electron chi connectivity index (χ1n) is 7.36. The molecule has 130 valence electrons. The highest BCUT2D eigenvalue weighted by Crippen LogP contribution is 2.26. The lowest BCUT2D eigenvalue weighted by atomic mass is 10.1. The number of carbonyl (C=O) groups is 1. The fourth-order valence-electron chi connectivity index (χ4n) is 1.98. The molecule has 0 amide bonds. The molecule has 24 heavy (non-hydrogen) atoms. The van der Waals surface area contributed by atoms with Crippen LogP contribution in [-0.2, 0) is 15.0 Å². The van der Waals surface area contributed by atoms with E-state index in [2.05, 4.69) is 5.48 Å². The van der Waals surface area contributed by atoms with Gasteiger partial charge in [-0.3, -0.25) is 9.35 Å². The molecule has 1 unspecified atom stereocenters. The molecule has 0 aliphatic carbocycles. The van der Waals surface area contributed by atoms with Gasteiger partial charge in [0.25, 0.3) is 10.1 Å². The summed E-state index contributed by atoms with van der Waals surface area (Å²) in [6.07, 6.45) is 0. The molecule has 2 rings (SSSR count). The Morgan fingerprint density at radius 2 is 1.96 bits per heavy atom. The summed E-state index contributed by atoms with van der Waals surface area (Å²) >= 11 is 1.42. The van der Waals surface area contributed by atoms with Crippen LogP contribution in [0.1, 0.15) is 33.0 Å². The lowest BCUT2D eigenvalue weighted by molar-refractivity contribution is 0.0376. The maximum Gasteiger partial charge on any atom is 0.266 e. The Morgan fingerprint density at radius 1 is 1.25 bits per heavy atom. The van der Waals surface area contributed by atoms with Gasteiger partial charge in [0.05, 0.1) is 17.2 Å². The van der Waals surface area contributed by atoms with Crippen molar-refractivity contribution < 1.29 is 22.6 Å². The van der Waals surface area contributed by atoms with E-state index in [0.717, 1.165) is 4.88 Å². The third-order valence-electron chi connectivity index (χ3n) is 3.27.